The van der Waals surface area contributed by atoms with Gasteiger partial charge in [0.1, 0.15) is 5.25 Å². The molecule has 106 valence electrons. The Morgan fingerprint density at radius 2 is 2.32 bits per heavy atom. The minimum absolute atomic E-state index is 0.00439. The van der Waals surface area contributed by atoms with Crippen LogP contribution in [-0.2, 0) is 14.8 Å². The number of amides is 1. The fourth-order valence-electron chi connectivity index (χ4n) is 2.42. The van der Waals surface area contributed by atoms with Gasteiger partial charge in [-0.15, -0.1) is 11.3 Å². The number of carbonyl (C=O) groups excluding carboxylic acids is 1. The molecule has 2 heterocycles. The molecule has 0 saturated carbocycles. The minimum Gasteiger partial charge on any atom is -0.333 e. The molecule has 2 unspecified atom stereocenters. The van der Waals surface area contributed by atoms with Gasteiger partial charge in [0.2, 0.25) is 15.9 Å². The van der Waals surface area contributed by atoms with Crippen LogP contribution in [0.3, 0.4) is 0 Å². The number of nitrogens with two attached hydrogens (primary N) is 1. The number of carbonyl (C=O) groups is 1. The van der Waals surface area contributed by atoms with Crippen molar-refractivity contribution in [1.29, 1.82) is 0 Å². The van der Waals surface area contributed by atoms with E-state index in [1.165, 1.54) is 0 Å². The Kier molecular flexibility index (Phi) is 4.27. The van der Waals surface area contributed by atoms with E-state index in [0.29, 0.717) is 0 Å². The van der Waals surface area contributed by atoms with Gasteiger partial charge in [-0.05, 0) is 17.9 Å². The summed E-state index contributed by atoms with van der Waals surface area (Å²) in [6.07, 6.45) is 1.78. The Morgan fingerprint density at radius 3 is 2.79 bits per heavy atom. The van der Waals surface area contributed by atoms with Gasteiger partial charge < -0.3 is 4.90 Å². The van der Waals surface area contributed by atoms with Gasteiger partial charge >= 0.3 is 0 Å². The molecule has 0 bridgehead atoms. The summed E-state index contributed by atoms with van der Waals surface area (Å²) in [5, 5.41) is 6.36. The molecule has 0 spiro atoms. The molecule has 1 aliphatic heterocycles. The number of thiophene rings is 1. The lowest BCUT2D eigenvalue weighted by molar-refractivity contribution is -0.129. The van der Waals surface area contributed by atoms with Crippen LogP contribution in [0.25, 0.3) is 0 Å². The number of nitrogens with zero attached hydrogens (tertiary/aromatic N) is 1. The highest BCUT2D eigenvalue weighted by Crippen LogP contribution is 2.33. The lowest BCUT2D eigenvalue weighted by Crippen LogP contribution is -2.34. The predicted octanol–water partition coefficient (Wildman–Crippen LogP) is 1.48. The topological polar surface area (TPSA) is 80.5 Å². The molecule has 0 aliphatic carbocycles. The van der Waals surface area contributed by atoms with E-state index in [9.17, 15) is 13.2 Å². The van der Waals surface area contributed by atoms with Crippen molar-refractivity contribution in [3.05, 3.63) is 22.4 Å². The molecule has 2 atom stereocenters. The summed E-state index contributed by atoms with van der Waals surface area (Å²) in [6.45, 7) is 2.26. The first-order valence-corrected chi connectivity index (χ1v) is 8.77. The molecule has 1 saturated heterocycles. The third-order valence-corrected chi connectivity index (χ3v) is 5.62. The Hall–Kier alpha value is -0.920. The van der Waals surface area contributed by atoms with Crippen LogP contribution in [0.4, 0.5) is 0 Å². The van der Waals surface area contributed by atoms with Crippen molar-refractivity contribution < 1.29 is 13.2 Å². The van der Waals surface area contributed by atoms with Gasteiger partial charge in [-0.25, -0.2) is 13.6 Å². The largest absolute Gasteiger partial charge is 0.333 e. The fourth-order valence-corrected chi connectivity index (χ4v) is 4.04. The average Bonchev–Trinajstić information content (AvgIpc) is 2.94. The average molecular weight is 302 g/mol. The standard InChI is InChI=1S/C12H18N2O3S2/c1-2-4-10(11-5-3-6-18-11)14-8-9(7-12(14)15)19(13,16)17/h3,5-6,9-10H,2,4,7-8H2,1H3,(H2,13,16,17). The van der Waals surface area contributed by atoms with Crippen molar-refractivity contribution >= 4 is 27.3 Å². The molecule has 19 heavy (non-hydrogen) atoms. The summed E-state index contributed by atoms with van der Waals surface area (Å²) in [4.78, 5) is 14.8. The minimum atomic E-state index is -3.64. The molecule has 0 radical (unpaired) electrons. The number of rotatable bonds is 5. The van der Waals surface area contributed by atoms with Crippen molar-refractivity contribution in [2.24, 2.45) is 5.14 Å². The van der Waals surface area contributed by atoms with Gasteiger partial charge in [-0.1, -0.05) is 19.4 Å². The number of hydrogen-bond donors (Lipinski definition) is 1. The maximum absolute atomic E-state index is 12.1. The number of sulfonamides is 1. The molecule has 1 aromatic heterocycles. The quantitative estimate of drug-likeness (QED) is 0.894. The molecule has 5 nitrogen and oxygen atoms in total. The molecule has 2 rings (SSSR count). The molecule has 0 aromatic carbocycles. The zero-order chi connectivity index (χ0) is 14.0. The molecule has 1 aromatic rings. The zero-order valence-corrected chi connectivity index (χ0v) is 12.4. The second-order valence-corrected chi connectivity index (χ2v) is 7.61. The van der Waals surface area contributed by atoms with E-state index in [1.54, 1.807) is 16.2 Å². The lowest BCUT2D eigenvalue weighted by atomic mass is 10.1. The summed E-state index contributed by atoms with van der Waals surface area (Å²) < 4.78 is 22.8. The van der Waals surface area contributed by atoms with Gasteiger partial charge in [0.05, 0.1) is 6.04 Å². The van der Waals surface area contributed by atoms with Crippen molar-refractivity contribution in [1.82, 2.24) is 4.90 Å². The van der Waals surface area contributed by atoms with E-state index >= 15 is 0 Å². The molecule has 7 heteroatoms. The molecular formula is C12H18N2O3S2. The Labute approximate surface area is 117 Å². The number of primary sulfonamides is 1. The highest BCUT2D eigenvalue weighted by molar-refractivity contribution is 7.89. The third kappa shape index (κ3) is 3.16. The van der Waals surface area contributed by atoms with E-state index < -0.39 is 15.3 Å². The van der Waals surface area contributed by atoms with Crippen LogP contribution in [0.15, 0.2) is 17.5 Å². The Morgan fingerprint density at radius 1 is 1.58 bits per heavy atom. The molecule has 1 fully saturated rings. The monoisotopic (exact) mass is 302 g/mol. The molecule has 1 amide bonds. The highest BCUT2D eigenvalue weighted by Gasteiger charge is 2.39. The van der Waals surface area contributed by atoms with E-state index in [4.69, 9.17) is 5.14 Å². The normalized spacial score (nSPS) is 21.9. The van der Waals surface area contributed by atoms with Crippen molar-refractivity contribution in [3.63, 3.8) is 0 Å². The predicted molar refractivity (Wildman–Crippen MR) is 75.2 cm³/mol. The maximum atomic E-state index is 12.1. The third-order valence-electron chi connectivity index (χ3n) is 3.40. The van der Waals surface area contributed by atoms with Gasteiger partial charge in [-0.2, -0.15) is 0 Å². The second kappa shape index (κ2) is 5.60. The first-order valence-electron chi connectivity index (χ1n) is 6.28. The number of hydrogen-bond acceptors (Lipinski definition) is 4. The fraction of sp³-hybridized carbons (Fsp3) is 0.583. The second-order valence-electron chi connectivity index (χ2n) is 4.78. The van der Waals surface area contributed by atoms with Crippen LogP contribution in [0.1, 0.15) is 37.1 Å². The van der Waals surface area contributed by atoms with Crippen molar-refractivity contribution in [2.45, 2.75) is 37.5 Å². The summed E-state index contributed by atoms with van der Waals surface area (Å²) in [5.41, 5.74) is 0. The van der Waals surface area contributed by atoms with E-state index in [-0.39, 0.29) is 24.9 Å². The Balaban J connectivity index is 2.22. The zero-order valence-electron chi connectivity index (χ0n) is 10.8. The lowest BCUT2D eigenvalue weighted by Gasteiger charge is -2.27. The Bertz CT molecular complexity index is 539. The molecule has 2 N–H and O–H groups in total. The smallest absolute Gasteiger partial charge is 0.224 e. The summed E-state index contributed by atoms with van der Waals surface area (Å²) in [5.74, 6) is -0.120. The first-order chi connectivity index (χ1) is 8.93. The van der Waals surface area contributed by atoms with Crippen molar-refractivity contribution in [2.75, 3.05) is 6.54 Å². The van der Waals surface area contributed by atoms with E-state index in [0.717, 1.165) is 17.7 Å². The van der Waals surface area contributed by atoms with Crippen LogP contribution in [0, 0.1) is 0 Å². The van der Waals surface area contributed by atoms with Gasteiger partial charge in [-0.3, -0.25) is 4.79 Å². The van der Waals surface area contributed by atoms with Gasteiger partial charge in [0.15, 0.2) is 0 Å². The van der Waals surface area contributed by atoms with E-state index in [2.05, 4.69) is 6.92 Å². The maximum Gasteiger partial charge on any atom is 0.224 e. The van der Waals surface area contributed by atoms with Crippen LogP contribution >= 0.6 is 11.3 Å². The van der Waals surface area contributed by atoms with Crippen LogP contribution in [0.5, 0.6) is 0 Å². The molecular weight excluding hydrogens is 284 g/mol. The first kappa shape index (κ1) is 14.5. The number of likely N-dealkylation sites (tertiary alicyclic amines) is 1. The van der Waals surface area contributed by atoms with Gasteiger partial charge in [0.25, 0.3) is 0 Å². The summed E-state index contributed by atoms with van der Waals surface area (Å²) >= 11 is 1.59. The summed E-state index contributed by atoms with van der Waals surface area (Å²) in [7, 11) is -3.64. The molecule has 1 aliphatic rings. The highest BCUT2D eigenvalue weighted by atomic mass is 32.2. The van der Waals surface area contributed by atoms with Crippen molar-refractivity contribution in [3.8, 4) is 0 Å². The van der Waals surface area contributed by atoms with Crippen LogP contribution in [-0.4, -0.2) is 31.0 Å². The van der Waals surface area contributed by atoms with Crippen LogP contribution < -0.4 is 5.14 Å². The SMILES string of the molecule is CCCC(c1cccs1)N1CC(S(N)(=O)=O)CC1=O. The van der Waals surface area contributed by atoms with Gasteiger partial charge in [0, 0.05) is 17.8 Å². The van der Waals surface area contributed by atoms with Crippen LogP contribution in [0.2, 0.25) is 0 Å². The summed E-state index contributed by atoms with van der Waals surface area (Å²) in [6, 6.07) is 3.91. The van der Waals surface area contributed by atoms with E-state index in [1.807, 2.05) is 17.5 Å².